The SMILES string of the molecule is CCNCC1CCO1. The third-order valence-electron chi connectivity index (χ3n) is 1.42. The average molecular weight is 115 g/mol. The van der Waals surface area contributed by atoms with Crippen LogP contribution in [0.15, 0.2) is 0 Å². The highest BCUT2D eigenvalue weighted by atomic mass is 16.5. The van der Waals surface area contributed by atoms with Crippen molar-refractivity contribution in [1.29, 1.82) is 0 Å². The van der Waals surface area contributed by atoms with Gasteiger partial charge < -0.3 is 10.1 Å². The highest BCUT2D eigenvalue weighted by Crippen LogP contribution is 2.08. The average Bonchev–Trinajstić information content (AvgIpc) is 1.63. The fourth-order valence-corrected chi connectivity index (χ4v) is 0.751. The van der Waals surface area contributed by atoms with E-state index < -0.39 is 0 Å². The summed E-state index contributed by atoms with van der Waals surface area (Å²) in [6.07, 6.45) is 1.77. The van der Waals surface area contributed by atoms with Gasteiger partial charge >= 0.3 is 0 Å². The van der Waals surface area contributed by atoms with Crippen molar-refractivity contribution >= 4 is 0 Å². The zero-order valence-electron chi connectivity index (χ0n) is 5.31. The number of rotatable bonds is 3. The molecule has 0 spiro atoms. The van der Waals surface area contributed by atoms with Crippen LogP contribution in [0.3, 0.4) is 0 Å². The first-order valence-corrected chi connectivity index (χ1v) is 3.26. The van der Waals surface area contributed by atoms with E-state index in [1.54, 1.807) is 0 Å². The van der Waals surface area contributed by atoms with Gasteiger partial charge in [0.15, 0.2) is 0 Å². The van der Waals surface area contributed by atoms with Gasteiger partial charge in [0, 0.05) is 13.2 Å². The van der Waals surface area contributed by atoms with Gasteiger partial charge in [0.1, 0.15) is 0 Å². The largest absolute Gasteiger partial charge is 0.377 e. The molecule has 1 fully saturated rings. The normalized spacial score (nSPS) is 27.4. The van der Waals surface area contributed by atoms with E-state index in [1.807, 2.05) is 0 Å². The van der Waals surface area contributed by atoms with Gasteiger partial charge in [0.25, 0.3) is 0 Å². The van der Waals surface area contributed by atoms with E-state index in [0.717, 1.165) is 19.7 Å². The van der Waals surface area contributed by atoms with Crippen LogP contribution in [0.1, 0.15) is 13.3 Å². The Balaban J connectivity index is 1.86. The molecule has 48 valence electrons. The maximum atomic E-state index is 5.17. The number of ether oxygens (including phenoxy) is 1. The van der Waals surface area contributed by atoms with Crippen molar-refractivity contribution in [2.75, 3.05) is 19.7 Å². The summed E-state index contributed by atoms with van der Waals surface area (Å²) in [6.45, 7) is 5.17. The molecule has 1 heterocycles. The van der Waals surface area contributed by atoms with Crippen molar-refractivity contribution in [3.05, 3.63) is 0 Å². The smallest absolute Gasteiger partial charge is 0.0721 e. The Morgan fingerprint density at radius 3 is 2.88 bits per heavy atom. The minimum atomic E-state index is 0.523. The van der Waals surface area contributed by atoms with Gasteiger partial charge in [0.05, 0.1) is 6.10 Å². The summed E-state index contributed by atoms with van der Waals surface area (Å²) in [6, 6.07) is 0. The van der Waals surface area contributed by atoms with Crippen LogP contribution in [0.4, 0.5) is 0 Å². The highest BCUT2D eigenvalue weighted by Gasteiger charge is 2.16. The Hall–Kier alpha value is -0.0800. The number of hydrogen-bond donors (Lipinski definition) is 1. The molecule has 0 amide bonds. The van der Waals surface area contributed by atoms with E-state index in [2.05, 4.69) is 12.2 Å². The minimum absolute atomic E-state index is 0.523. The van der Waals surface area contributed by atoms with E-state index in [4.69, 9.17) is 4.74 Å². The molecule has 1 saturated heterocycles. The molecule has 1 aliphatic rings. The molecule has 1 N–H and O–H groups in total. The molecular weight excluding hydrogens is 102 g/mol. The zero-order chi connectivity index (χ0) is 5.82. The first-order chi connectivity index (χ1) is 3.93. The van der Waals surface area contributed by atoms with Crippen LogP contribution in [-0.2, 0) is 4.74 Å². The second-order valence-corrected chi connectivity index (χ2v) is 2.09. The molecule has 0 aromatic rings. The summed E-state index contributed by atoms with van der Waals surface area (Å²) in [5.74, 6) is 0. The summed E-state index contributed by atoms with van der Waals surface area (Å²) in [5.41, 5.74) is 0. The first-order valence-electron chi connectivity index (χ1n) is 3.26. The van der Waals surface area contributed by atoms with E-state index in [9.17, 15) is 0 Å². The van der Waals surface area contributed by atoms with Crippen LogP contribution in [0, 0.1) is 0 Å². The van der Waals surface area contributed by atoms with E-state index in [1.165, 1.54) is 6.42 Å². The molecule has 0 saturated carbocycles. The van der Waals surface area contributed by atoms with Gasteiger partial charge in [-0.15, -0.1) is 0 Å². The van der Waals surface area contributed by atoms with Crippen molar-refractivity contribution < 1.29 is 4.74 Å². The van der Waals surface area contributed by atoms with Crippen molar-refractivity contribution in [2.45, 2.75) is 19.4 Å². The Bertz CT molecular complexity index is 61.5. The van der Waals surface area contributed by atoms with Gasteiger partial charge in [0.2, 0.25) is 0 Å². The summed E-state index contributed by atoms with van der Waals surface area (Å²) < 4.78 is 5.17. The number of hydrogen-bond acceptors (Lipinski definition) is 2. The minimum Gasteiger partial charge on any atom is -0.377 e. The third kappa shape index (κ3) is 1.46. The molecule has 1 unspecified atom stereocenters. The van der Waals surface area contributed by atoms with Crippen LogP contribution in [-0.4, -0.2) is 25.8 Å². The second-order valence-electron chi connectivity index (χ2n) is 2.09. The van der Waals surface area contributed by atoms with Crippen LogP contribution in [0.2, 0.25) is 0 Å². The van der Waals surface area contributed by atoms with Crippen molar-refractivity contribution in [2.24, 2.45) is 0 Å². The molecule has 1 atom stereocenters. The Morgan fingerprint density at radius 2 is 2.50 bits per heavy atom. The molecule has 0 aromatic heterocycles. The van der Waals surface area contributed by atoms with Gasteiger partial charge in [-0.1, -0.05) is 6.92 Å². The lowest BCUT2D eigenvalue weighted by atomic mass is 10.2. The summed E-state index contributed by atoms with van der Waals surface area (Å²) in [5, 5.41) is 3.23. The fourth-order valence-electron chi connectivity index (χ4n) is 0.751. The lowest BCUT2D eigenvalue weighted by molar-refractivity contribution is -0.0480. The maximum absolute atomic E-state index is 5.17. The highest BCUT2D eigenvalue weighted by molar-refractivity contribution is 4.67. The molecule has 0 aliphatic carbocycles. The number of nitrogens with one attached hydrogen (secondary N) is 1. The quantitative estimate of drug-likeness (QED) is 0.574. The molecular formula is C6H13NO. The molecule has 2 heteroatoms. The lowest BCUT2D eigenvalue weighted by Gasteiger charge is -2.26. The predicted molar refractivity (Wildman–Crippen MR) is 32.9 cm³/mol. The second kappa shape index (κ2) is 3.05. The van der Waals surface area contributed by atoms with Gasteiger partial charge in [-0.2, -0.15) is 0 Å². The maximum Gasteiger partial charge on any atom is 0.0721 e. The van der Waals surface area contributed by atoms with Crippen LogP contribution in [0.25, 0.3) is 0 Å². The summed E-state index contributed by atoms with van der Waals surface area (Å²) in [7, 11) is 0. The lowest BCUT2D eigenvalue weighted by Crippen LogP contribution is -2.36. The van der Waals surface area contributed by atoms with Crippen LogP contribution >= 0.6 is 0 Å². The Labute approximate surface area is 50.2 Å². The third-order valence-corrected chi connectivity index (χ3v) is 1.42. The van der Waals surface area contributed by atoms with E-state index in [-0.39, 0.29) is 0 Å². The predicted octanol–water partition coefficient (Wildman–Crippen LogP) is 0.385. The zero-order valence-corrected chi connectivity index (χ0v) is 5.31. The van der Waals surface area contributed by atoms with Gasteiger partial charge in [-0.25, -0.2) is 0 Å². The van der Waals surface area contributed by atoms with E-state index >= 15 is 0 Å². The molecule has 0 radical (unpaired) electrons. The standard InChI is InChI=1S/C6H13NO/c1-2-7-5-6-3-4-8-6/h6-7H,2-5H2,1H3. The summed E-state index contributed by atoms with van der Waals surface area (Å²) >= 11 is 0. The molecule has 1 aliphatic heterocycles. The van der Waals surface area contributed by atoms with Gasteiger partial charge in [-0.05, 0) is 13.0 Å². The molecule has 1 rings (SSSR count). The monoisotopic (exact) mass is 115 g/mol. The van der Waals surface area contributed by atoms with Crippen molar-refractivity contribution in [3.63, 3.8) is 0 Å². The number of likely N-dealkylation sites (N-methyl/N-ethyl adjacent to an activating group) is 1. The van der Waals surface area contributed by atoms with Gasteiger partial charge in [-0.3, -0.25) is 0 Å². The topological polar surface area (TPSA) is 21.3 Å². The van der Waals surface area contributed by atoms with E-state index in [0.29, 0.717) is 6.10 Å². The molecule has 0 bridgehead atoms. The fraction of sp³-hybridized carbons (Fsp3) is 1.00. The molecule has 2 nitrogen and oxygen atoms in total. The summed E-state index contributed by atoms with van der Waals surface area (Å²) in [4.78, 5) is 0. The van der Waals surface area contributed by atoms with Crippen LogP contribution < -0.4 is 5.32 Å². The first kappa shape index (κ1) is 6.05. The Morgan fingerprint density at radius 1 is 1.75 bits per heavy atom. The Kier molecular flexibility index (Phi) is 2.30. The van der Waals surface area contributed by atoms with Crippen LogP contribution in [0.5, 0.6) is 0 Å². The molecule has 8 heavy (non-hydrogen) atoms. The van der Waals surface area contributed by atoms with Crippen molar-refractivity contribution in [3.8, 4) is 0 Å². The molecule has 0 aromatic carbocycles. The van der Waals surface area contributed by atoms with Crippen molar-refractivity contribution in [1.82, 2.24) is 5.32 Å².